The van der Waals surface area contributed by atoms with Crippen LogP contribution in [-0.2, 0) is 0 Å². The molecule has 2 saturated carbocycles. The Kier molecular flexibility index (Phi) is 3.13. The Morgan fingerprint density at radius 1 is 1.29 bits per heavy atom. The smallest absolute Gasteiger partial charge is 0.0280 e. The first-order valence-electron chi connectivity index (χ1n) is 6.19. The lowest BCUT2D eigenvalue weighted by Gasteiger charge is -2.33. The van der Waals surface area contributed by atoms with E-state index in [0.717, 1.165) is 18.4 Å². The number of hydrogen-bond acceptors (Lipinski definition) is 2. The minimum atomic E-state index is 0.121. The highest BCUT2D eigenvalue weighted by Crippen LogP contribution is 2.36. The van der Waals surface area contributed by atoms with E-state index in [2.05, 4.69) is 12.2 Å². The van der Waals surface area contributed by atoms with Gasteiger partial charge in [0.25, 0.3) is 0 Å². The first-order chi connectivity index (χ1) is 6.70. The van der Waals surface area contributed by atoms with Crippen molar-refractivity contribution in [2.75, 3.05) is 13.1 Å². The second-order valence-electron chi connectivity index (χ2n) is 5.53. The first-order valence-corrected chi connectivity index (χ1v) is 6.19. The molecule has 14 heavy (non-hydrogen) atoms. The summed E-state index contributed by atoms with van der Waals surface area (Å²) in [6.45, 7) is 4.57. The highest BCUT2D eigenvalue weighted by molar-refractivity contribution is 4.91. The van der Waals surface area contributed by atoms with Gasteiger partial charge in [-0.15, -0.1) is 0 Å². The van der Waals surface area contributed by atoms with Crippen LogP contribution in [0.4, 0.5) is 0 Å². The number of rotatable bonds is 4. The summed E-state index contributed by atoms with van der Waals surface area (Å²) in [6, 6.07) is 0. The predicted molar refractivity (Wildman–Crippen MR) is 60.1 cm³/mol. The van der Waals surface area contributed by atoms with Crippen LogP contribution in [0.3, 0.4) is 0 Å². The Morgan fingerprint density at radius 2 is 1.93 bits per heavy atom. The van der Waals surface area contributed by atoms with Crippen molar-refractivity contribution in [3.63, 3.8) is 0 Å². The van der Waals surface area contributed by atoms with Crippen molar-refractivity contribution in [3.05, 3.63) is 0 Å². The maximum Gasteiger partial charge on any atom is 0.0280 e. The van der Waals surface area contributed by atoms with E-state index in [1.807, 2.05) is 0 Å². The molecule has 2 nitrogen and oxygen atoms in total. The lowest BCUT2D eigenvalue weighted by molar-refractivity contribution is 0.282. The molecule has 2 atom stereocenters. The summed E-state index contributed by atoms with van der Waals surface area (Å²) in [5, 5.41) is 3.56. The van der Waals surface area contributed by atoms with Crippen molar-refractivity contribution < 1.29 is 0 Å². The SMILES string of the molecule is CC1CC1CNCC1(N)CCCCC1. The van der Waals surface area contributed by atoms with Gasteiger partial charge < -0.3 is 11.1 Å². The molecule has 3 N–H and O–H groups in total. The van der Waals surface area contributed by atoms with E-state index >= 15 is 0 Å². The summed E-state index contributed by atoms with van der Waals surface area (Å²) in [5.41, 5.74) is 6.46. The zero-order chi connectivity index (χ0) is 10.0. The molecule has 0 radical (unpaired) electrons. The molecule has 0 heterocycles. The number of nitrogens with two attached hydrogens (primary N) is 1. The van der Waals surface area contributed by atoms with Gasteiger partial charge in [0.15, 0.2) is 0 Å². The summed E-state index contributed by atoms with van der Waals surface area (Å²) in [7, 11) is 0. The average molecular weight is 196 g/mol. The monoisotopic (exact) mass is 196 g/mol. The quantitative estimate of drug-likeness (QED) is 0.720. The maximum atomic E-state index is 6.34. The van der Waals surface area contributed by atoms with Crippen LogP contribution >= 0.6 is 0 Å². The van der Waals surface area contributed by atoms with Crippen LogP contribution < -0.4 is 11.1 Å². The fraction of sp³-hybridized carbons (Fsp3) is 1.00. The molecule has 82 valence electrons. The van der Waals surface area contributed by atoms with Crippen molar-refractivity contribution in [2.45, 2.75) is 51.0 Å². The van der Waals surface area contributed by atoms with Crippen LogP contribution in [0.2, 0.25) is 0 Å². The molecule has 0 aromatic rings. The third-order valence-corrected chi connectivity index (χ3v) is 4.01. The second-order valence-corrected chi connectivity index (χ2v) is 5.53. The summed E-state index contributed by atoms with van der Waals surface area (Å²) in [5.74, 6) is 1.91. The third kappa shape index (κ3) is 2.71. The Morgan fingerprint density at radius 3 is 2.50 bits per heavy atom. The molecule has 2 aliphatic carbocycles. The van der Waals surface area contributed by atoms with E-state index < -0.39 is 0 Å². The standard InChI is InChI=1S/C12H24N2/c1-10-7-11(10)8-14-9-12(13)5-3-2-4-6-12/h10-11,14H,2-9,13H2,1H3. The Labute approximate surface area is 87.6 Å². The number of hydrogen-bond donors (Lipinski definition) is 2. The summed E-state index contributed by atoms with van der Waals surface area (Å²) >= 11 is 0. The highest BCUT2D eigenvalue weighted by Gasteiger charge is 2.33. The van der Waals surface area contributed by atoms with Crippen LogP contribution in [0.1, 0.15) is 45.4 Å². The fourth-order valence-corrected chi connectivity index (χ4v) is 2.62. The summed E-state index contributed by atoms with van der Waals surface area (Å²) in [6.07, 6.45) is 7.92. The zero-order valence-corrected chi connectivity index (χ0v) is 9.39. The number of nitrogens with one attached hydrogen (secondary N) is 1. The van der Waals surface area contributed by atoms with Crippen LogP contribution in [0.15, 0.2) is 0 Å². The molecule has 0 amide bonds. The minimum Gasteiger partial charge on any atom is -0.324 e. The predicted octanol–water partition coefficient (Wildman–Crippen LogP) is 1.89. The maximum absolute atomic E-state index is 6.34. The Hall–Kier alpha value is -0.0800. The Balaban J connectivity index is 1.63. The molecule has 0 bridgehead atoms. The van der Waals surface area contributed by atoms with E-state index in [1.54, 1.807) is 0 Å². The minimum absolute atomic E-state index is 0.121. The van der Waals surface area contributed by atoms with Gasteiger partial charge in [-0.2, -0.15) is 0 Å². The first kappa shape index (κ1) is 10.4. The van der Waals surface area contributed by atoms with Gasteiger partial charge in [0.1, 0.15) is 0 Å². The van der Waals surface area contributed by atoms with Gasteiger partial charge in [-0.05, 0) is 37.6 Å². The van der Waals surface area contributed by atoms with Gasteiger partial charge in [0, 0.05) is 12.1 Å². The van der Waals surface area contributed by atoms with Crippen LogP contribution in [0.25, 0.3) is 0 Å². The van der Waals surface area contributed by atoms with E-state index in [0.29, 0.717) is 0 Å². The topological polar surface area (TPSA) is 38.0 Å². The van der Waals surface area contributed by atoms with Crippen molar-refractivity contribution in [1.29, 1.82) is 0 Å². The van der Waals surface area contributed by atoms with Crippen molar-refractivity contribution >= 4 is 0 Å². The van der Waals surface area contributed by atoms with Gasteiger partial charge in [-0.25, -0.2) is 0 Å². The molecule has 0 aromatic carbocycles. The molecule has 2 rings (SSSR count). The molecule has 0 saturated heterocycles. The van der Waals surface area contributed by atoms with Gasteiger partial charge >= 0.3 is 0 Å². The van der Waals surface area contributed by atoms with Gasteiger partial charge in [-0.1, -0.05) is 26.2 Å². The van der Waals surface area contributed by atoms with E-state index in [4.69, 9.17) is 5.73 Å². The molecule has 2 heteroatoms. The third-order valence-electron chi connectivity index (χ3n) is 4.01. The molecule has 2 fully saturated rings. The summed E-state index contributed by atoms with van der Waals surface area (Å²) < 4.78 is 0. The normalized spacial score (nSPS) is 35.6. The van der Waals surface area contributed by atoms with E-state index in [9.17, 15) is 0 Å². The molecular formula is C12H24N2. The lowest BCUT2D eigenvalue weighted by Crippen LogP contribution is -2.50. The zero-order valence-electron chi connectivity index (χ0n) is 9.39. The Bertz CT molecular complexity index is 185. The van der Waals surface area contributed by atoms with Crippen molar-refractivity contribution in [2.24, 2.45) is 17.6 Å². The van der Waals surface area contributed by atoms with Gasteiger partial charge in [0.05, 0.1) is 0 Å². The van der Waals surface area contributed by atoms with E-state index in [1.165, 1.54) is 45.1 Å². The molecule has 0 aromatic heterocycles. The fourth-order valence-electron chi connectivity index (χ4n) is 2.62. The largest absolute Gasteiger partial charge is 0.324 e. The molecular weight excluding hydrogens is 172 g/mol. The highest BCUT2D eigenvalue weighted by atomic mass is 14.9. The molecule has 0 aliphatic heterocycles. The van der Waals surface area contributed by atoms with Crippen LogP contribution in [0, 0.1) is 11.8 Å². The second kappa shape index (κ2) is 4.19. The molecule has 0 spiro atoms. The van der Waals surface area contributed by atoms with Crippen LogP contribution in [0.5, 0.6) is 0 Å². The lowest BCUT2D eigenvalue weighted by atomic mass is 9.82. The molecule has 2 aliphatic rings. The van der Waals surface area contributed by atoms with E-state index in [-0.39, 0.29) is 5.54 Å². The molecule has 2 unspecified atom stereocenters. The average Bonchev–Trinajstić information content (AvgIpc) is 2.83. The van der Waals surface area contributed by atoms with Crippen LogP contribution in [-0.4, -0.2) is 18.6 Å². The van der Waals surface area contributed by atoms with Gasteiger partial charge in [0.2, 0.25) is 0 Å². The van der Waals surface area contributed by atoms with Crippen molar-refractivity contribution in [3.8, 4) is 0 Å². The summed E-state index contributed by atoms with van der Waals surface area (Å²) in [4.78, 5) is 0. The van der Waals surface area contributed by atoms with Gasteiger partial charge in [-0.3, -0.25) is 0 Å². The van der Waals surface area contributed by atoms with Crippen molar-refractivity contribution in [1.82, 2.24) is 5.32 Å².